The van der Waals surface area contributed by atoms with E-state index >= 15 is 0 Å². The summed E-state index contributed by atoms with van der Waals surface area (Å²) in [6, 6.07) is 27.2. The second-order valence-corrected chi connectivity index (χ2v) is 6.69. The highest BCUT2D eigenvalue weighted by atomic mass is 15.2. The Kier molecular flexibility index (Phi) is 7.62. The lowest BCUT2D eigenvalue weighted by molar-refractivity contribution is 0.644. The molecule has 0 bridgehead atoms. The summed E-state index contributed by atoms with van der Waals surface area (Å²) < 4.78 is 0. The van der Waals surface area contributed by atoms with Gasteiger partial charge in [-0.1, -0.05) is 66.7 Å². The fourth-order valence-electron chi connectivity index (χ4n) is 3.15. The molecule has 0 saturated heterocycles. The van der Waals surface area contributed by atoms with E-state index in [1.807, 2.05) is 18.2 Å². The molecule has 1 unspecified atom stereocenters. The van der Waals surface area contributed by atoms with E-state index in [1.54, 1.807) is 6.20 Å². The van der Waals surface area contributed by atoms with Crippen LogP contribution in [0.5, 0.6) is 0 Å². The minimum Gasteiger partial charge on any atom is -0.357 e. The van der Waals surface area contributed by atoms with Crippen LogP contribution in [0.2, 0.25) is 0 Å². The van der Waals surface area contributed by atoms with Gasteiger partial charge >= 0.3 is 0 Å². The second-order valence-electron chi connectivity index (χ2n) is 6.69. The Balaban J connectivity index is 1.69. The SMILES string of the molecule is CCNC(=NCc1ccccn1)NCC(Cc1ccccc1)c1ccccc1. The molecule has 28 heavy (non-hydrogen) atoms. The van der Waals surface area contributed by atoms with E-state index in [-0.39, 0.29) is 0 Å². The molecular weight excluding hydrogens is 344 g/mol. The Labute approximate surface area is 167 Å². The van der Waals surface area contributed by atoms with E-state index in [0.29, 0.717) is 12.5 Å². The van der Waals surface area contributed by atoms with Crippen molar-refractivity contribution < 1.29 is 0 Å². The van der Waals surface area contributed by atoms with Crippen molar-refractivity contribution in [3.8, 4) is 0 Å². The highest BCUT2D eigenvalue weighted by molar-refractivity contribution is 5.79. The lowest BCUT2D eigenvalue weighted by Gasteiger charge is -2.20. The van der Waals surface area contributed by atoms with Gasteiger partial charge in [0.05, 0.1) is 12.2 Å². The van der Waals surface area contributed by atoms with Crippen LogP contribution in [0.3, 0.4) is 0 Å². The Morgan fingerprint density at radius 3 is 2.29 bits per heavy atom. The van der Waals surface area contributed by atoms with Crippen molar-refractivity contribution in [1.82, 2.24) is 15.6 Å². The number of benzene rings is 2. The quantitative estimate of drug-likeness (QED) is 0.461. The summed E-state index contributed by atoms with van der Waals surface area (Å²) >= 11 is 0. The molecule has 0 amide bonds. The van der Waals surface area contributed by atoms with Crippen molar-refractivity contribution >= 4 is 5.96 Å². The Hall–Kier alpha value is -3.14. The molecule has 4 nitrogen and oxygen atoms in total. The molecule has 144 valence electrons. The number of nitrogens with one attached hydrogen (secondary N) is 2. The molecule has 0 spiro atoms. The number of aromatic nitrogens is 1. The van der Waals surface area contributed by atoms with Gasteiger partial charge in [0.2, 0.25) is 0 Å². The minimum atomic E-state index is 0.363. The molecule has 0 aliphatic heterocycles. The predicted octanol–water partition coefficient (Wildman–Crippen LogP) is 4.16. The summed E-state index contributed by atoms with van der Waals surface area (Å²) in [7, 11) is 0. The van der Waals surface area contributed by atoms with Crippen molar-refractivity contribution in [2.75, 3.05) is 13.1 Å². The maximum atomic E-state index is 4.69. The highest BCUT2D eigenvalue weighted by Gasteiger charge is 2.13. The number of guanidine groups is 1. The average molecular weight is 373 g/mol. The van der Waals surface area contributed by atoms with Crippen LogP contribution in [0.15, 0.2) is 90.1 Å². The summed E-state index contributed by atoms with van der Waals surface area (Å²) in [5.74, 6) is 1.18. The summed E-state index contributed by atoms with van der Waals surface area (Å²) in [5, 5.41) is 6.86. The van der Waals surface area contributed by atoms with E-state index in [1.165, 1.54) is 11.1 Å². The molecule has 0 aliphatic rings. The molecule has 1 aromatic heterocycles. The molecule has 0 saturated carbocycles. The maximum Gasteiger partial charge on any atom is 0.191 e. The van der Waals surface area contributed by atoms with Crippen molar-refractivity contribution in [1.29, 1.82) is 0 Å². The van der Waals surface area contributed by atoms with E-state index < -0.39 is 0 Å². The van der Waals surface area contributed by atoms with Gasteiger partial charge in [0, 0.05) is 25.2 Å². The highest BCUT2D eigenvalue weighted by Crippen LogP contribution is 2.20. The molecule has 4 heteroatoms. The molecule has 2 aromatic carbocycles. The average Bonchev–Trinajstić information content (AvgIpc) is 2.76. The van der Waals surface area contributed by atoms with Crippen LogP contribution in [0.4, 0.5) is 0 Å². The zero-order valence-electron chi connectivity index (χ0n) is 16.4. The van der Waals surface area contributed by atoms with Crippen molar-refractivity contribution in [2.45, 2.75) is 25.8 Å². The molecular formula is C24H28N4. The first kappa shape index (κ1) is 19.6. The zero-order valence-corrected chi connectivity index (χ0v) is 16.4. The number of pyridine rings is 1. The Morgan fingerprint density at radius 2 is 1.61 bits per heavy atom. The van der Waals surface area contributed by atoms with Gasteiger partial charge in [-0.05, 0) is 36.6 Å². The fraction of sp³-hybridized carbons (Fsp3) is 0.250. The lowest BCUT2D eigenvalue weighted by atomic mass is 9.92. The third-order valence-electron chi connectivity index (χ3n) is 4.58. The van der Waals surface area contributed by atoms with Gasteiger partial charge in [0.15, 0.2) is 5.96 Å². The summed E-state index contributed by atoms with van der Waals surface area (Å²) in [6.07, 6.45) is 2.79. The van der Waals surface area contributed by atoms with Crippen molar-refractivity contribution in [2.24, 2.45) is 4.99 Å². The molecule has 0 fully saturated rings. The van der Waals surface area contributed by atoms with E-state index in [2.05, 4.69) is 88.2 Å². The van der Waals surface area contributed by atoms with Gasteiger partial charge in [-0.25, -0.2) is 4.99 Å². The van der Waals surface area contributed by atoms with E-state index in [9.17, 15) is 0 Å². The van der Waals surface area contributed by atoms with Crippen LogP contribution in [0.1, 0.15) is 29.7 Å². The molecule has 0 radical (unpaired) electrons. The molecule has 0 aliphatic carbocycles. The summed E-state index contributed by atoms with van der Waals surface area (Å²) in [6.45, 7) is 4.27. The van der Waals surface area contributed by atoms with Crippen LogP contribution in [-0.4, -0.2) is 24.0 Å². The van der Waals surface area contributed by atoms with E-state index in [4.69, 9.17) is 0 Å². The molecule has 2 N–H and O–H groups in total. The predicted molar refractivity (Wildman–Crippen MR) is 116 cm³/mol. The standard InChI is InChI=1S/C24H28N4/c1-2-25-24(28-19-23-15-9-10-16-26-23)27-18-22(21-13-7-4-8-14-21)17-20-11-5-3-6-12-20/h3-16,22H,2,17-19H2,1H3,(H2,25,27,28). The van der Waals surface area contributed by atoms with Crippen LogP contribution in [0, 0.1) is 0 Å². The number of rotatable bonds is 8. The first-order valence-corrected chi connectivity index (χ1v) is 9.86. The van der Waals surface area contributed by atoms with Gasteiger partial charge in [-0.15, -0.1) is 0 Å². The summed E-state index contributed by atoms with van der Waals surface area (Å²) in [4.78, 5) is 9.04. The number of nitrogens with zero attached hydrogens (tertiary/aromatic N) is 2. The molecule has 1 atom stereocenters. The topological polar surface area (TPSA) is 49.3 Å². The van der Waals surface area contributed by atoms with Gasteiger partial charge in [0.25, 0.3) is 0 Å². The van der Waals surface area contributed by atoms with Gasteiger partial charge in [-0.3, -0.25) is 4.98 Å². The molecule has 1 heterocycles. The van der Waals surface area contributed by atoms with E-state index in [0.717, 1.165) is 31.2 Å². The molecule has 3 aromatic rings. The smallest absolute Gasteiger partial charge is 0.191 e. The third kappa shape index (κ3) is 6.23. The number of hydrogen-bond acceptors (Lipinski definition) is 2. The lowest BCUT2D eigenvalue weighted by Crippen LogP contribution is -2.39. The fourth-order valence-corrected chi connectivity index (χ4v) is 3.15. The van der Waals surface area contributed by atoms with Crippen LogP contribution in [0.25, 0.3) is 0 Å². The largest absolute Gasteiger partial charge is 0.357 e. The second kappa shape index (κ2) is 10.9. The first-order valence-electron chi connectivity index (χ1n) is 9.86. The van der Waals surface area contributed by atoms with Crippen molar-refractivity contribution in [3.05, 3.63) is 102 Å². The van der Waals surface area contributed by atoms with Crippen LogP contribution >= 0.6 is 0 Å². The van der Waals surface area contributed by atoms with Crippen LogP contribution < -0.4 is 10.6 Å². The van der Waals surface area contributed by atoms with Crippen LogP contribution in [-0.2, 0) is 13.0 Å². The third-order valence-corrected chi connectivity index (χ3v) is 4.58. The normalized spacial score (nSPS) is 12.4. The first-order chi connectivity index (χ1) is 13.8. The summed E-state index contributed by atoms with van der Waals surface area (Å²) in [5.41, 5.74) is 3.64. The Bertz CT molecular complexity index is 832. The minimum absolute atomic E-state index is 0.363. The number of aliphatic imine (C=N–C) groups is 1. The monoisotopic (exact) mass is 372 g/mol. The van der Waals surface area contributed by atoms with Gasteiger partial charge < -0.3 is 10.6 Å². The van der Waals surface area contributed by atoms with Crippen molar-refractivity contribution in [3.63, 3.8) is 0 Å². The van der Waals surface area contributed by atoms with Gasteiger partial charge in [-0.2, -0.15) is 0 Å². The number of hydrogen-bond donors (Lipinski definition) is 2. The van der Waals surface area contributed by atoms with Gasteiger partial charge in [0.1, 0.15) is 0 Å². The Morgan fingerprint density at radius 1 is 0.893 bits per heavy atom. The maximum absolute atomic E-state index is 4.69. The zero-order chi connectivity index (χ0) is 19.4. The molecule has 3 rings (SSSR count).